The van der Waals surface area contributed by atoms with Gasteiger partial charge >= 0.3 is 0 Å². The lowest BCUT2D eigenvalue weighted by Crippen LogP contribution is -1.59. The Morgan fingerprint density at radius 1 is 1.57 bits per heavy atom. The van der Waals surface area contributed by atoms with E-state index in [1.54, 1.807) is 11.1 Å². The van der Waals surface area contributed by atoms with Crippen molar-refractivity contribution in [2.24, 2.45) is 0 Å². The highest BCUT2D eigenvalue weighted by Gasteiger charge is 2.13. The molecule has 0 N–H and O–H groups in total. The Morgan fingerprint density at radius 2 is 2.14 bits per heavy atom. The van der Waals surface area contributed by atoms with Crippen LogP contribution in [0.4, 0.5) is 0 Å². The number of allylic oxidation sites excluding steroid dienone is 2. The molecule has 0 spiro atoms. The van der Waals surface area contributed by atoms with E-state index in [-0.39, 0.29) is 0 Å². The number of hydrogen-bond donors (Lipinski definition) is 0. The van der Waals surface area contributed by atoms with Crippen LogP contribution >= 0.6 is 0 Å². The van der Waals surface area contributed by atoms with Crippen LogP contribution in [0.3, 0.4) is 0 Å². The van der Waals surface area contributed by atoms with Gasteiger partial charge in [0.25, 0.3) is 0 Å². The second-order valence-corrected chi connectivity index (χ2v) is 2.31. The normalized spacial score (nSPS) is 18.0. The first-order valence-electron chi connectivity index (χ1n) is 3.02. The van der Waals surface area contributed by atoms with Gasteiger partial charge in [-0.05, 0) is 19.8 Å². The molecular weight excluding hydrogens is 84.1 g/mol. The fourth-order valence-electron chi connectivity index (χ4n) is 0.879. The summed E-state index contributed by atoms with van der Waals surface area (Å²) in [6, 6.07) is 0. The molecule has 0 aromatic carbocycles. The number of rotatable bonds is 2. The van der Waals surface area contributed by atoms with Gasteiger partial charge in [-0.25, -0.2) is 0 Å². The Morgan fingerprint density at radius 3 is 2.29 bits per heavy atom. The highest BCUT2D eigenvalue weighted by atomic mass is 14.2. The lowest BCUT2D eigenvalue weighted by Gasteiger charge is -1.79. The second kappa shape index (κ2) is 1.69. The average molecular weight is 96.2 g/mol. The van der Waals surface area contributed by atoms with Crippen molar-refractivity contribution in [1.29, 1.82) is 0 Å². The van der Waals surface area contributed by atoms with Crippen LogP contribution in [0.25, 0.3) is 0 Å². The lowest BCUT2D eigenvalue weighted by atomic mass is 10.3. The molecule has 0 radical (unpaired) electrons. The molecule has 0 amide bonds. The van der Waals surface area contributed by atoms with Crippen LogP contribution in [0.2, 0.25) is 0 Å². The third-order valence-corrected chi connectivity index (χ3v) is 1.51. The molecule has 0 unspecified atom stereocenters. The fraction of sp³-hybridized carbons (Fsp3) is 0.714. The summed E-state index contributed by atoms with van der Waals surface area (Å²) in [4.78, 5) is 0. The molecule has 0 aliphatic heterocycles. The molecule has 1 rings (SSSR count). The zero-order chi connectivity index (χ0) is 5.28. The van der Waals surface area contributed by atoms with E-state index < -0.39 is 0 Å². The smallest absolute Gasteiger partial charge is 0.0106 e. The van der Waals surface area contributed by atoms with Gasteiger partial charge in [-0.15, -0.1) is 0 Å². The minimum Gasteiger partial charge on any atom is -0.0697 e. The SMILES string of the molecule is CCCC1=C(C)C1. The maximum absolute atomic E-state index is 2.23. The van der Waals surface area contributed by atoms with Crippen molar-refractivity contribution in [2.75, 3.05) is 0 Å². The summed E-state index contributed by atoms with van der Waals surface area (Å²) in [7, 11) is 0. The monoisotopic (exact) mass is 96.1 g/mol. The minimum atomic E-state index is 1.33. The van der Waals surface area contributed by atoms with E-state index in [0.29, 0.717) is 0 Å². The van der Waals surface area contributed by atoms with E-state index in [9.17, 15) is 0 Å². The van der Waals surface area contributed by atoms with E-state index in [4.69, 9.17) is 0 Å². The highest BCUT2D eigenvalue weighted by Crippen LogP contribution is 2.33. The van der Waals surface area contributed by atoms with Crippen LogP contribution in [0, 0.1) is 0 Å². The molecule has 0 fully saturated rings. The summed E-state index contributed by atoms with van der Waals surface area (Å²) >= 11 is 0. The third-order valence-electron chi connectivity index (χ3n) is 1.51. The molecule has 40 valence electrons. The van der Waals surface area contributed by atoms with Crippen molar-refractivity contribution < 1.29 is 0 Å². The van der Waals surface area contributed by atoms with Crippen molar-refractivity contribution in [3.8, 4) is 0 Å². The highest BCUT2D eigenvalue weighted by molar-refractivity contribution is 5.32. The van der Waals surface area contributed by atoms with Gasteiger partial charge in [-0.2, -0.15) is 0 Å². The summed E-state index contributed by atoms with van der Waals surface area (Å²) in [6.07, 6.45) is 4.02. The molecule has 0 atom stereocenters. The largest absolute Gasteiger partial charge is 0.0697 e. The summed E-state index contributed by atoms with van der Waals surface area (Å²) in [6.45, 7) is 4.46. The minimum absolute atomic E-state index is 1.33. The summed E-state index contributed by atoms with van der Waals surface area (Å²) < 4.78 is 0. The predicted octanol–water partition coefficient (Wildman–Crippen LogP) is 2.51. The molecular formula is C7H12. The van der Waals surface area contributed by atoms with Crippen molar-refractivity contribution in [1.82, 2.24) is 0 Å². The topological polar surface area (TPSA) is 0 Å². The van der Waals surface area contributed by atoms with Crippen LogP contribution in [0.5, 0.6) is 0 Å². The van der Waals surface area contributed by atoms with Gasteiger partial charge in [0.1, 0.15) is 0 Å². The van der Waals surface area contributed by atoms with Gasteiger partial charge in [0.15, 0.2) is 0 Å². The van der Waals surface area contributed by atoms with Gasteiger partial charge in [0.2, 0.25) is 0 Å². The number of hydrogen-bond acceptors (Lipinski definition) is 0. The molecule has 0 saturated carbocycles. The summed E-state index contributed by atoms with van der Waals surface area (Å²) in [5.41, 5.74) is 3.35. The van der Waals surface area contributed by atoms with Crippen molar-refractivity contribution in [3.05, 3.63) is 11.1 Å². The molecule has 0 aromatic heterocycles. The van der Waals surface area contributed by atoms with Gasteiger partial charge in [0.05, 0.1) is 0 Å². The van der Waals surface area contributed by atoms with Crippen LogP contribution in [0.15, 0.2) is 11.1 Å². The first-order chi connectivity index (χ1) is 3.34. The summed E-state index contributed by atoms with van der Waals surface area (Å²) in [5.74, 6) is 0. The molecule has 0 aromatic rings. The van der Waals surface area contributed by atoms with Crippen molar-refractivity contribution in [3.63, 3.8) is 0 Å². The van der Waals surface area contributed by atoms with Crippen LogP contribution in [-0.2, 0) is 0 Å². The maximum Gasteiger partial charge on any atom is -0.0106 e. The zero-order valence-corrected chi connectivity index (χ0v) is 5.12. The third kappa shape index (κ3) is 1.05. The lowest BCUT2D eigenvalue weighted by molar-refractivity contribution is 0.928. The molecule has 0 heteroatoms. The molecule has 1 aliphatic rings. The van der Waals surface area contributed by atoms with E-state index in [1.165, 1.54) is 19.3 Å². The Balaban J connectivity index is 2.19. The molecule has 0 nitrogen and oxygen atoms in total. The average Bonchev–Trinajstić information content (AvgIpc) is 2.22. The van der Waals surface area contributed by atoms with E-state index in [1.807, 2.05) is 0 Å². The predicted molar refractivity (Wildman–Crippen MR) is 32.2 cm³/mol. The van der Waals surface area contributed by atoms with E-state index in [0.717, 1.165) is 0 Å². The Hall–Kier alpha value is -0.260. The van der Waals surface area contributed by atoms with Crippen LogP contribution in [-0.4, -0.2) is 0 Å². The van der Waals surface area contributed by atoms with E-state index >= 15 is 0 Å². The zero-order valence-electron chi connectivity index (χ0n) is 5.12. The molecule has 0 saturated heterocycles. The van der Waals surface area contributed by atoms with E-state index in [2.05, 4.69) is 13.8 Å². The van der Waals surface area contributed by atoms with Crippen LogP contribution in [0.1, 0.15) is 33.1 Å². The van der Waals surface area contributed by atoms with Crippen molar-refractivity contribution in [2.45, 2.75) is 33.1 Å². The molecule has 1 aliphatic carbocycles. The Labute approximate surface area is 45.2 Å². The quantitative estimate of drug-likeness (QED) is 0.463. The molecule has 7 heavy (non-hydrogen) atoms. The molecule has 0 heterocycles. The Bertz CT molecular complexity index is 98.6. The van der Waals surface area contributed by atoms with Gasteiger partial charge < -0.3 is 0 Å². The van der Waals surface area contributed by atoms with Crippen molar-refractivity contribution >= 4 is 0 Å². The van der Waals surface area contributed by atoms with Gasteiger partial charge in [0, 0.05) is 0 Å². The van der Waals surface area contributed by atoms with Gasteiger partial charge in [-0.1, -0.05) is 24.5 Å². The fourth-order valence-corrected chi connectivity index (χ4v) is 0.879. The first-order valence-corrected chi connectivity index (χ1v) is 3.02. The van der Waals surface area contributed by atoms with Gasteiger partial charge in [-0.3, -0.25) is 0 Å². The first kappa shape index (κ1) is 4.89. The maximum atomic E-state index is 2.23. The second-order valence-electron chi connectivity index (χ2n) is 2.31. The summed E-state index contributed by atoms with van der Waals surface area (Å²) in [5, 5.41) is 0. The molecule has 0 bridgehead atoms. The Kier molecular flexibility index (Phi) is 1.18. The van der Waals surface area contributed by atoms with Crippen LogP contribution < -0.4 is 0 Å². The standard InChI is InChI=1S/C7H12/c1-3-4-7-5-6(7)2/h3-5H2,1-2H3.